The minimum atomic E-state index is 0.653. The number of rotatable bonds is 4. The standard InChI is InChI=1S/C17H15NO3/c1-20-16-8-7-13(9-17(16)21-2)18-10-12(11-19)14-5-3-4-6-15(14)18/h3-11H,1-2H3. The number of benzene rings is 2. The van der Waals surface area contributed by atoms with Crippen LogP contribution in [-0.2, 0) is 0 Å². The largest absolute Gasteiger partial charge is 0.493 e. The van der Waals surface area contributed by atoms with E-state index in [1.807, 2.05) is 53.2 Å². The molecule has 0 amide bonds. The number of para-hydroxylation sites is 1. The minimum absolute atomic E-state index is 0.653. The van der Waals surface area contributed by atoms with E-state index < -0.39 is 0 Å². The second-order valence-electron chi connectivity index (χ2n) is 4.63. The second-order valence-corrected chi connectivity index (χ2v) is 4.63. The van der Waals surface area contributed by atoms with Gasteiger partial charge in [0.15, 0.2) is 17.8 Å². The van der Waals surface area contributed by atoms with E-state index in [0.29, 0.717) is 17.1 Å². The van der Waals surface area contributed by atoms with Gasteiger partial charge in [0, 0.05) is 28.9 Å². The Morgan fingerprint density at radius 3 is 2.48 bits per heavy atom. The number of aromatic nitrogens is 1. The molecule has 0 unspecified atom stereocenters. The Bertz CT molecular complexity index is 805. The van der Waals surface area contributed by atoms with Crippen LogP contribution in [0.2, 0.25) is 0 Å². The zero-order valence-electron chi connectivity index (χ0n) is 11.9. The molecule has 0 aliphatic rings. The van der Waals surface area contributed by atoms with Crippen LogP contribution < -0.4 is 9.47 Å². The summed E-state index contributed by atoms with van der Waals surface area (Å²) in [6.45, 7) is 0. The molecular weight excluding hydrogens is 266 g/mol. The number of hydrogen-bond donors (Lipinski definition) is 0. The summed E-state index contributed by atoms with van der Waals surface area (Å²) < 4.78 is 12.6. The predicted octanol–water partition coefficient (Wildman–Crippen LogP) is 3.46. The van der Waals surface area contributed by atoms with Crippen LogP contribution in [0.1, 0.15) is 10.4 Å². The third-order valence-electron chi connectivity index (χ3n) is 3.52. The summed E-state index contributed by atoms with van der Waals surface area (Å²) in [5.74, 6) is 1.33. The van der Waals surface area contributed by atoms with Crippen molar-refractivity contribution >= 4 is 17.2 Å². The van der Waals surface area contributed by atoms with Gasteiger partial charge in [-0.3, -0.25) is 4.79 Å². The molecule has 1 heterocycles. The average molecular weight is 281 g/mol. The maximum Gasteiger partial charge on any atom is 0.162 e. The van der Waals surface area contributed by atoms with Gasteiger partial charge < -0.3 is 14.0 Å². The van der Waals surface area contributed by atoms with Crippen molar-refractivity contribution in [3.05, 3.63) is 54.2 Å². The van der Waals surface area contributed by atoms with Gasteiger partial charge in [0.1, 0.15) is 0 Å². The molecule has 106 valence electrons. The minimum Gasteiger partial charge on any atom is -0.493 e. The second kappa shape index (κ2) is 5.32. The maximum absolute atomic E-state index is 11.2. The van der Waals surface area contributed by atoms with Gasteiger partial charge in [0.25, 0.3) is 0 Å². The zero-order chi connectivity index (χ0) is 14.8. The zero-order valence-corrected chi connectivity index (χ0v) is 11.9. The highest BCUT2D eigenvalue weighted by Gasteiger charge is 2.11. The van der Waals surface area contributed by atoms with Gasteiger partial charge in [-0.15, -0.1) is 0 Å². The highest BCUT2D eigenvalue weighted by molar-refractivity contribution is 5.98. The Labute approximate surface area is 122 Å². The lowest BCUT2D eigenvalue weighted by Crippen LogP contribution is -1.95. The fourth-order valence-corrected chi connectivity index (χ4v) is 2.49. The number of ether oxygens (including phenoxy) is 2. The summed E-state index contributed by atoms with van der Waals surface area (Å²) in [6, 6.07) is 13.5. The molecule has 0 N–H and O–H groups in total. The fourth-order valence-electron chi connectivity index (χ4n) is 2.49. The SMILES string of the molecule is COc1ccc(-n2cc(C=O)c3ccccc32)cc1OC. The highest BCUT2D eigenvalue weighted by Crippen LogP contribution is 2.31. The summed E-state index contributed by atoms with van der Waals surface area (Å²) in [5.41, 5.74) is 2.56. The van der Waals surface area contributed by atoms with Crippen molar-refractivity contribution in [3.8, 4) is 17.2 Å². The quantitative estimate of drug-likeness (QED) is 0.688. The molecule has 4 nitrogen and oxygen atoms in total. The third kappa shape index (κ3) is 2.14. The van der Waals surface area contributed by atoms with Crippen molar-refractivity contribution < 1.29 is 14.3 Å². The number of nitrogens with zero attached hydrogens (tertiary/aromatic N) is 1. The van der Waals surface area contributed by atoms with Gasteiger partial charge in [-0.2, -0.15) is 0 Å². The van der Waals surface area contributed by atoms with Crippen LogP contribution in [0.15, 0.2) is 48.7 Å². The highest BCUT2D eigenvalue weighted by atomic mass is 16.5. The lowest BCUT2D eigenvalue weighted by atomic mass is 10.2. The Morgan fingerprint density at radius 1 is 1.00 bits per heavy atom. The van der Waals surface area contributed by atoms with Crippen molar-refractivity contribution in [2.75, 3.05) is 14.2 Å². The number of carbonyl (C=O) groups is 1. The molecule has 0 spiro atoms. The van der Waals surface area contributed by atoms with Gasteiger partial charge in [-0.25, -0.2) is 0 Å². The lowest BCUT2D eigenvalue weighted by molar-refractivity contribution is 0.112. The molecule has 2 aromatic carbocycles. The Kier molecular flexibility index (Phi) is 3.36. The van der Waals surface area contributed by atoms with Crippen LogP contribution in [0.3, 0.4) is 0 Å². The van der Waals surface area contributed by atoms with Crippen LogP contribution >= 0.6 is 0 Å². The first-order valence-corrected chi connectivity index (χ1v) is 6.56. The topological polar surface area (TPSA) is 40.5 Å². The first-order chi connectivity index (χ1) is 10.3. The molecule has 4 heteroatoms. The summed E-state index contributed by atoms with van der Waals surface area (Å²) in [6.07, 6.45) is 2.71. The molecule has 0 aliphatic heterocycles. The van der Waals surface area contributed by atoms with E-state index in [9.17, 15) is 4.79 Å². The lowest BCUT2D eigenvalue weighted by Gasteiger charge is -2.11. The molecule has 1 aromatic heterocycles. The van der Waals surface area contributed by atoms with E-state index in [0.717, 1.165) is 22.9 Å². The monoisotopic (exact) mass is 281 g/mol. The first-order valence-electron chi connectivity index (χ1n) is 6.56. The van der Waals surface area contributed by atoms with Gasteiger partial charge in [0.05, 0.1) is 19.7 Å². The summed E-state index contributed by atoms with van der Waals surface area (Å²) in [7, 11) is 3.21. The van der Waals surface area contributed by atoms with Crippen molar-refractivity contribution in [2.45, 2.75) is 0 Å². The van der Waals surface area contributed by atoms with Gasteiger partial charge in [-0.05, 0) is 18.2 Å². The predicted molar refractivity (Wildman–Crippen MR) is 81.8 cm³/mol. The maximum atomic E-state index is 11.2. The number of carbonyl (C=O) groups excluding carboxylic acids is 1. The van der Waals surface area contributed by atoms with E-state index in [4.69, 9.17) is 9.47 Å². The van der Waals surface area contributed by atoms with Crippen molar-refractivity contribution in [2.24, 2.45) is 0 Å². The van der Waals surface area contributed by atoms with Crippen molar-refractivity contribution in [1.29, 1.82) is 0 Å². The van der Waals surface area contributed by atoms with E-state index in [1.165, 1.54) is 0 Å². The van der Waals surface area contributed by atoms with E-state index in [1.54, 1.807) is 14.2 Å². The summed E-state index contributed by atoms with van der Waals surface area (Å²) >= 11 is 0. The molecule has 0 bridgehead atoms. The van der Waals surface area contributed by atoms with Crippen molar-refractivity contribution in [1.82, 2.24) is 4.57 Å². The number of methoxy groups -OCH3 is 2. The Balaban J connectivity index is 2.23. The van der Waals surface area contributed by atoms with E-state index in [-0.39, 0.29) is 0 Å². The molecule has 0 aliphatic carbocycles. The molecule has 3 aromatic rings. The fraction of sp³-hybridized carbons (Fsp3) is 0.118. The van der Waals surface area contributed by atoms with Gasteiger partial charge in [-0.1, -0.05) is 18.2 Å². The number of hydrogen-bond acceptors (Lipinski definition) is 3. The van der Waals surface area contributed by atoms with E-state index >= 15 is 0 Å². The van der Waals surface area contributed by atoms with Crippen LogP contribution in [0, 0.1) is 0 Å². The van der Waals surface area contributed by atoms with Crippen LogP contribution in [0.4, 0.5) is 0 Å². The Hall–Kier alpha value is -2.75. The molecule has 0 fully saturated rings. The molecule has 0 saturated heterocycles. The smallest absolute Gasteiger partial charge is 0.162 e. The molecule has 0 atom stereocenters. The molecule has 0 saturated carbocycles. The molecule has 0 radical (unpaired) electrons. The van der Waals surface area contributed by atoms with Crippen LogP contribution in [0.25, 0.3) is 16.6 Å². The summed E-state index contributed by atoms with van der Waals surface area (Å²) in [5, 5.41) is 0.933. The summed E-state index contributed by atoms with van der Waals surface area (Å²) in [4.78, 5) is 11.2. The van der Waals surface area contributed by atoms with Crippen molar-refractivity contribution in [3.63, 3.8) is 0 Å². The van der Waals surface area contributed by atoms with Gasteiger partial charge >= 0.3 is 0 Å². The number of aldehydes is 1. The molecular formula is C17H15NO3. The third-order valence-corrected chi connectivity index (χ3v) is 3.52. The molecule has 21 heavy (non-hydrogen) atoms. The van der Waals surface area contributed by atoms with E-state index in [2.05, 4.69) is 0 Å². The van der Waals surface area contributed by atoms with Gasteiger partial charge in [0.2, 0.25) is 0 Å². The van der Waals surface area contributed by atoms with Crippen LogP contribution in [0.5, 0.6) is 11.5 Å². The normalized spacial score (nSPS) is 10.6. The van der Waals surface area contributed by atoms with Crippen LogP contribution in [-0.4, -0.2) is 25.1 Å². The molecule has 3 rings (SSSR count). The average Bonchev–Trinajstić information content (AvgIpc) is 2.93. The number of fused-ring (bicyclic) bond motifs is 1. The first kappa shape index (κ1) is 13.2. The Morgan fingerprint density at radius 2 is 1.76 bits per heavy atom.